The third-order valence-electron chi connectivity index (χ3n) is 3.68. The van der Waals surface area contributed by atoms with Gasteiger partial charge in [0.15, 0.2) is 0 Å². The molecule has 0 radical (unpaired) electrons. The van der Waals surface area contributed by atoms with Crippen molar-refractivity contribution in [2.75, 3.05) is 0 Å². The molecule has 18 heavy (non-hydrogen) atoms. The molecule has 1 heteroatoms. The predicted molar refractivity (Wildman–Crippen MR) is 81.2 cm³/mol. The minimum atomic E-state index is 0.0771. The predicted octanol–water partition coefficient (Wildman–Crippen LogP) is 5.20. The van der Waals surface area contributed by atoms with Gasteiger partial charge in [0.1, 0.15) is 0 Å². The fourth-order valence-electron chi connectivity index (χ4n) is 1.78. The van der Waals surface area contributed by atoms with Crippen LogP contribution in [0.1, 0.15) is 52.8 Å². The number of fused-ring (bicyclic) bond motifs is 1. The highest BCUT2D eigenvalue weighted by Gasteiger charge is 2.33. The molecule has 0 saturated carbocycles. The van der Waals surface area contributed by atoms with E-state index in [4.69, 9.17) is 0 Å². The minimum Gasteiger partial charge on any atom is -0.256 e. The van der Waals surface area contributed by atoms with Crippen molar-refractivity contribution in [3.05, 3.63) is 41.7 Å². The number of allylic oxidation sites excluding steroid dienone is 2. The number of hydrogen-bond donors (Lipinski definition) is 0. The minimum absolute atomic E-state index is 0.0771. The average Bonchev–Trinajstić information content (AvgIpc) is 2.53. The first kappa shape index (κ1) is 14.7. The Hall–Kier alpha value is -1.37. The molecule has 0 saturated heterocycles. The largest absolute Gasteiger partial charge is 0.256 e. The molecule has 1 aromatic heterocycles. The molecule has 1 nitrogen and oxygen atoms in total. The molecule has 0 aliphatic heterocycles. The fraction of sp³-hybridized carbons (Fsp3) is 0.471. The second-order valence-corrected chi connectivity index (χ2v) is 5.68. The first-order chi connectivity index (χ1) is 8.42. The number of pyridine rings is 1. The van der Waals surface area contributed by atoms with Crippen molar-refractivity contribution in [1.29, 1.82) is 0 Å². The highest BCUT2D eigenvalue weighted by molar-refractivity contribution is 5.66. The zero-order chi connectivity index (χ0) is 13.8. The lowest BCUT2D eigenvalue weighted by molar-refractivity contribution is 0.230. The smallest absolute Gasteiger partial charge is 0.0698 e. The van der Waals surface area contributed by atoms with Gasteiger partial charge in [0.2, 0.25) is 0 Å². The van der Waals surface area contributed by atoms with E-state index in [0.717, 1.165) is 5.69 Å². The van der Waals surface area contributed by atoms with E-state index in [1.165, 1.54) is 5.56 Å². The maximum Gasteiger partial charge on any atom is 0.0698 e. The Balaban J connectivity index is 0.000000771. The first-order valence-corrected chi connectivity index (χ1v) is 6.76. The highest BCUT2D eigenvalue weighted by atomic mass is 14.7. The van der Waals surface area contributed by atoms with Crippen molar-refractivity contribution in [3.8, 4) is 0 Å². The van der Waals surface area contributed by atoms with Gasteiger partial charge in [-0.15, -0.1) is 0 Å². The van der Waals surface area contributed by atoms with Crippen LogP contribution in [0.25, 0.3) is 12.2 Å². The van der Waals surface area contributed by atoms with Gasteiger partial charge in [-0.25, -0.2) is 0 Å². The van der Waals surface area contributed by atoms with E-state index >= 15 is 0 Å². The zero-order valence-corrected chi connectivity index (χ0v) is 12.5. The third kappa shape index (κ3) is 2.90. The molecular formula is C17H25N. The van der Waals surface area contributed by atoms with Crippen LogP contribution in [0.3, 0.4) is 0 Å². The Morgan fingerprint density at radius 2 is 1.67 bits per heavy atom. The molecular weight excluding hydrogens is 218 g/mol. The van der Waals surface area contributed by atoms with Gasteiger partial charge in [-0.05, 0) is 23.1 Å². The lowest BCUT2D eigenvalue weighted by atomic mass is 9.68. The van der Waals surface area contributed by atoms with E-state index in [2.05, 4.69) is 63.0 Å². The third-order valence-corrected chi connectivity index (χ3v) is 3.68. The molecule has 0 spiro atoms. The van der Waals surface area contributed by atoms with Crippen LogP contribution in [0, 0.1) is 10.8 Å². The van der Waals surface area contributed by atoms with Crippen LogP contribution in [0.2, 0.25) is 0 Å². The van der Waals surface area contributed by atoms with Crippen LogP contribution in [-0.4, -0.2) is 4.98 Å². The van der Waals surface area contributed by atoms with E-state index in [1.54, 1.807) is 0 Å². The van der Waals surface area contributed by atoms with E-state index in [-0.39, 0.29) is 10.8 Å². The second kappa shape index (κ2) is 5.51. The number of aromatic nitrogens is 1. The van der Waals surface area contributed by atoms with E-state index < -0.39 is 0 Å². The quantitative estimate of drug-likeness (QED) is 0.610. The van der Waals surface area contributed by atoms with Gasteiger partial charge < -0.3 is 0 Å². The first-order valence-electron chi connectivity index (χ1n) is 6.76. The molecule has 0 fully saturated rings. The van der Waals surface area contributed by atoms with Crippen molar-refractivity contribution in [1.82, 2.24) is 4.98 Å². The maximum atomic E-state index is 4.39. The molecule has 0 aromatic carbocycles. The van der Waals surface area contributed by atoms with Gasteiger partial charge >= 0.3 is 0 Å². The summed E-state index contributed by atoms with van der Waals surface area (Å²) in [5.41, 5.74) is 2.55. The molecule has 1 aromatic rings. The van der Waals surface area contributed by atoms with Crippen molar-refractivity contribution in [2.24, 2.45) is 10.8 Å². The summed E-state index contributed by atoms with van der Waals surface area (Å²) < 4.78 is 0. The van der Waals surface area contributed by atoms with Gasteiger partial charge in [-0.2, -0.15) is 0 Å². The van der Waals surface area contributed by atoms with E-state index in [1.807, 2.05) is 26.1 Å². The van der Waals surface area contributed by atoms with Crippen molar-refractivity contribution >= 4 is 12.2 Å². The number of nitrogens with zero attached hydrogens (tertiary/aromatic N) is 1. The van der Waals surface area contributed by atoms with E-state index in [0.29, 0.717) is 0 Å². The Morgan fingerprint density at radius 3 is 2.28 bits per heavy atom. The molecule has 1 heterocycles. The molecule has 0 N–H and O–H groups in total. The summed E-state index contributed by atoms with van der Waals surface area (Å²) in [4.78, 5) is 4.39. The molecule has 1 aliphatic rings. The standard InChI is InChI=1S/C15H19N.C2H6/c1-14(2,3)15(4)9-7-12-6-5-11-16-13(12)8-10-15;1-2/h5-11H,1-4H3;1-2H3. The van der Waals surface area contributed by atoms with Crippen LogP contribution >= 0.6 is 0 Å². The van der Waals surface area contributed by atoms with Crippen molar-refractivity contribution in [2.45, 2.75) is 41.5 Å². The SMILES string of the molecule is CC.CC(C)(C)C1(C)C=Cc2cccnc2C=C1. The van der Waals surface area contributed by atoms with Crippen LogP contribution < -0.4 is 0 Å². The van der Waals surface area contributed by atoms with Crippen LogP contribution in [0.15, 0.2) is 30.5 Å². The van der Waals surface area contributed by atoms with Crippen LogP contribution in [0.5, 0.6) is 0 Å². The van der Waals surface area contributed by atoms with Gasteiger partial charge in [0.05, 0.1) is 5.69 Å². The van der Waals surface area contributed by atoms with Gasteiger partial charge in [-0.3, -0.25) is 4.98 Å². The summed E-state index contributed by atoms with van der Waals surface area (Å²) in [7, 11) is 0. The Bertz CT molecular complexity index is 414. The van der Waals surface area contributed by atoms with Gasteiger partial charge in [0.25, 0.3) is 0 Å². The second-order valence-electron chi connectivity index (χ2n) is 5.68. The summed E-state index contributed by atoms with van der Waals surface area (Å²) in [6.07, 6.45) is 10.7. The Labute approximate surface area is 112 Å². The Morgan fingerprint density at radius 1 is 1.06 bits per heavy atom. The number of rotatable bonds is 0. The van der Waals surface area contributed by atoms with Crippen molar-refractivity contribution < 1.29 is 0 Å². The molecule has 0 amide bonds. The molecule has 1 unspecified atom stereocenters. The molecule has 98 valence electrons. The van der Waals surface area contributed by atoms with Crippen LogP contribution in [-0.2, 0) is 0 Å². The highest BCUT2D eigenvalue weighted by Crippen LogP contribution is 2.43. The summed E-state index contributed by atoms with van der Waals surface area (Å²) in [6, 6.07) is 4.09. The van der Waals surface area contributed by atoms with Crippen LogP contribution in [0.4, 0.5) is 0 Å². The fourth-order valence-corrected chi connectivity index (χ4v) is 1.78. The zero-order valence-electron chi connectivity index (χ0n) is 12.5. The molecule has 1 atom stereocenters. The van der Waals surface area contributed by atoms with E-state index in [9.17, 15) is 0 Å². The Kier molecular flexibility index (Phi) is 4.50. The van der Waals surface area contributed by atoms with Crippen molar-refractivity contribution in [3.63, 3.8) is 0 Å². The topological polar surface area (TPSA) is 12.9 Å². The lowest BCUT2D eigenvalue weighted by Gasteiger charge is -2.36. The van der Waals surface area contributed by atoms with Gasteiger partial charge in [0, 0.05) is 11.6 Å². The maximum absolute atomic E-state index is 4.39. The summed E-state index contributed by atoms with van der Waals surface area (Å²) >= 11 is 0. The summed E-state index contributed by atoms with van der Waals surface area (Å²) in [5, 5.41) is 0. The monoisotopic (exact) mass is 243 g/mol. The normalized spacial score (nSPS) is 21.7. The molecule has 1 aliphatic carbocycles. The lowest BCUT2D eigenvalue weighted by Crippen LogP contribution is -2.28. The summed E-state index contributed by atoms with van der Waals surface area (Å²) in [5.74, 6) is 0. The van der Waals surface area contributed by atoms with Gasteiger partial charge in [-0.1, -0.05) is 65.8 Å². The summed E-state index contributed by atoms with van der Waals surface area (Å²) in [6.45, 7) is 13.1. The average molecular weight is 243 g/mol. The molecule has 0 bridgehead atoms. The number of hydrogen-bond acceptors (Lipinski definition) is 1. The molecule has 2 rings (SSSR count).